The third kappa shape index (κ3) is 1.75. The van der Waals surface area contributed by atoms with Crippen molar-refractivity contribution in [2.75, 3.05) is 0 Å². The number of imidazole rings is 1. The molecule has 0 aromatic carbocycles. The van der Waals surface area contributed by atoms with Gasteiger partial charge in [0.15, 0.2) is 0 Å². The zero-order valence-electron chi connectivity index (χ0n) is 7.07. The molecular weight excluding hydrogens is 166 g/mol. The average Bonchev–Trinajstić information content (AvgIpc) is 2.74. The minimum absolute atomic E-state index is 0.0528. The molecule has 2 aromatic rings. The van der Waals surface area contributed by atoms with Crippen molar-refractivity contribution < 1.29 is 0 Å². The highest BCUT2D eigenvalue weighted by Gasteiger charge is 2.08. The molecule has 2 heterocycles. The zero-order valence-corrected chi connectivity index (χ0v) is 7.07. The number of aromatic nitrogens is 4. The molecule has 0 spiro atoms. The minimum Gasteiger partial charge on any atom is -0.348 e. The molecule has 5 nitrogen and oxygen atoms in total. The van der Waals surface area contributed by atoms with Crippen LogP contribution >= 0.6 is 0 Å². The van der Waals surface area contributed by atoms with Gasteiger partial charge in [-0.3, -0.25) is 5.10 Å². The van der Waals surface area contributed by atoms with Crippen molar-refractivity contribution in [3.63, 3.8) is 0 Å². The summed E-state index contributed by atoms with van der Waals surface area (Å²) in [6.45, 7) is 0. The maximum atomic E-state index is 5.91. The second kappa shape index (κ2) is 3.40. The van der Waals surface area contributed by atoms with Crippen LogP contribution in [0.15, 0.2) is 24.8 Å². The molecule has 0 radical (unpaired) electrons. The molecule has 5 heteroatoms. The fourth-order valence-corrected chi connectivity index (χ4v) is 1.22. The molecule has 68 valence electrons. The van der Waals surface area contributed by atoms with Gasteiger partial charge >= 0.3 is 0 Å². The number of nitrogens with two attached hydrogens (primary N) is 1. The van der Waals surface area contributed by atoms with Crippen LogP contribution in [-0.2, 0) is 6.42 Å². The van der Waals surface area contributed by atoms with Crippen LogP contribution in [0.2, 0.25) is 0 Å². The van der Waals surface area contributed by atoms with Gasteiger partial charge in [0.2, 0.25) is 0 Å². The SMILES string of the molecule is N[C@@H](Cc1cnc[nH]1)c1ccn[nH]1. The molecule has 0 aliphatic carbocycles. The molecule has 4 N–H and O–H groups in total. The van der Waals surface area contributed by atoms with Crippen molar-refractivity contribution in [3.8, 4) is 0 Å². The van der Waals surface area contributed by atoms with Crippen molar-refractivity contribution in [3.05, 3.63) is 36.2 Å². The summed E-state index contributed by atoms with van der Waals surface area (Å²) in [7, 11) is 0. The standard InChI is InChI=1S/C8H11N5/c9-7(8-1-2-12-13-8)3-6-4-10-5-11-6/h1-2,4-5,7H,3,9H2,(H,10,11)(H,12,13)/t7-/m0/s1. The number of H-pyrrole nitrogens is 2. The first-order valence-corrected chi connectivity index (χ1v) is 4.08. The predicted octanol–water partition coefficient (Wildman–Crippen LogP) is 0.375. The highest BCUT2D eigenvalue weighted by molar-refractivity contribution is 5.08. The lowest BCUT2D eigenvalue weighted by molar-refractivity contribution is 0.682. The molecule has 0 unspecified atom stereocenters. The number of hydrogen-bond donors (Lipinski definition) is 3. The second-order valence-electron chi connectivity index (χ2n) is 2.90. The number of nitrogens with one attached hydrogen (secondary N) is 2. The summed E-state index contributed by atoms with van der Waals surface area (Å²) in [5.74, 6) is 0. The van der Waals surface area contributed by atoms with E-state index in [2.05, 4.69) is 20.2 Å². The third-order valence-corrected chi connectivity index (χ3v) is 1.92. The van der Waals surface area contributed by atoms with Crippen LogP contribution in [0.5, 0.6) is 0 Å². The Hall–Kier alpha value is -1.62. The summed E-state index contributed by atoms with van der Waals surface area (Å²) in [6.07, 6.45) is 5.86. The number of aromatic amines is 2. The molecule has 2 aromatic heterocycles. The highest BCUT2D eigenvalue weighted by Crippen LogP contribution is 2.10. The minimum atomic E-state index is -0.0528. The van der Waals surface area contributed by atoms with Crippen LogP contribution in [0.4, 0.5) is 0 Å². The van der Waals surface area contributed by atoms with Crippen molar-refractivity contribution in [1.82, 2.24) is 20.2 Å². The van der Waals surface area contributed by atoms with E-state index in [9.17, 15) is 0 Å². The van der Waals surface area contributed by atoms with E-state index in [1.165, 1.54) is 0 Å². The molecule has 0 fully saturated rings. The lowest BCUT2D eigenvalue weighted by Gasteiger charge is -2.06. The molecule has 0 aliphatic rings. The number of rotatable bonds is 3. The van der Waals surface area contributed by atoms with Gasteiger partial charge in [-0.2, -0.15) is 5.10 Å². The Morgan fingerprint density at radius 2 is 2.46 bits per heavy atom. The third-order valence-electron chi connectivity index (χ3n) is 1.92. The summed E-state index contributed by atoms with van der Waals surface area (Å²) in [4.78, 5) is 6.92. The monoisotopic (exact) mass is 177 g/mol. The van der Waals surface area contributed by atoms with E-state index in [-0.39, 0.29) is 6.04 Å². The van der Waals surface area contributed by atoms with Crippen LogP contribution in [0, 0.1) is 0 Å². The quantitative estimate of drug-likeness (QED) is 0.633. The zero-order chi connectivity index (χ0) is 9.10. The first-order valence-electron chi connectivity index (χ1n) is 4.08. The van der Waals surface area contributed by atoms with Gasteiger partial charge in [-0.05, 0) is 6.07 Å². The second-order valence-corrected chi connectivity index (χ2v) is 2.90. The van der Waals surface area contributed by atoms with E-state index in [1.54, 1.807) is 18.7 Å². The summed E-state index contributed by atoms with van der Waals surface area (Å²) in [5, 5.41) is 6.68. The molecular formula is C8H11N5. The molecule has 0 saturated carbocycles. The first kappa shape index (κ1) is 8.00. The fraction of sp³-hybridized carbons (Fsp3) is 0.250. The molecule has 1 atom stereocenters. The topological polar surface area (TPSA) is 83.4 Å². The summed E-state index contributed by atoms with van der Waals surface area (Å²) in [6, 6.07) is 1.82. The first-order chi connectivity index (χ1) is 6.36. The maximum absolute atomic E-state index is 5.91. The summed E-state index contributed by atoms with van der Waals surface area (Å²) >= 11 is 0. The van der Waals surface area contributed by atoms with Crippen molar-refractivity contribution in [2.24, 2.45) is 5.73 Å². The van der Waals surface area contributed by atoms with E-state index < -0.39 is 0 Å². The van der Waals surface area contributed by atoms with Gasteiger partial charge in [-0.1, -0.05) is 0 Å². The van der Waals surface area contributed by atoms with Crippen LogP contribution in [-0.4, -0.2) is 20.2 Å². The van der Waals surface area contributed by atoms with Gasteiger partial charge in [0.1, 0.15) is 0 Å². The van der Waals surface area contributed by atoms with E-state index in [1.807, 2.05) is 6.07 Å². The molecule has 0 bridgehead atoms. The Morgan fingerprint density at radius 1 is 1.54 bits per heavy atom. The van der Waals surface area contributed by atoms with Crippen molar-refractivity contribution >= 4 is 0 Å². The largest absolute Gasteiger partial charge is 0.348 e. The predicted molar refractivity (Wildman–Crippen MR) is 47.8 cm³/mol. The van der Waals surface area contributed by atoms with Gasteiger partial charge in [0.25, 0.3) is 0 Å². The van der Waals surface area contributed by atoms with Gasteiger partial charge < -0.3 is 10.7 Å². The molecule has 0 saturated heterocycles. The van der Waals surface area contributed by atoms with E-state index in [0.717, 1.165) is 17.8 Å². The maximum Gasteiger partial charge on any atom is 0.0921 e. The number of nitrogens with zero attached hydrogens (tertiary/aromatic N) is 2. The van der Waals surface area contributed by atoms with Crippen LogP contribution in [0.1, 0.15) is 17.4 Å². The lowest BCUT2D eigenvalue weighted by Crippen LogP contribution is -2.13. The average molecular weight is 177 g/mol. The van der Waals surface area contributed by atoms with E-state index in [0.29, 0.717) is 0 Å². The summed E-state index contributed by atoms with van der Waals surface area (Å²) in [5.41, 5.74) is 7.88. The highest BCUT2D eigenvalue weighted by atomic mass is 15.1. The van der Waals surface area contributed by atoms with Crippen molar-refractivity contribution in [2.45, 2.75) is 12.5 Å². The van der Waals surface area contributed by atoms with E-state index in [4.69, 9.17) is 5.73 Å². The van der Waals surface area contributed by atoms with Gasteiger partial charge in [-0.15, -0.1) is 0 Å². The van der Waals surface area contributed by atoms with Gasteiger partial charge in [0.05, 0.1) is 18.1 Å². The van der Waals surface area contributed by atoms with Gasteiger partial charge in [0, 0.05) is 24.5 Å². The molecule has 2 rings (SSSR count). The Morgan fingerprint density at radius 3 is 3.08 bits per heavy atom. The normalized spacial score (nSPS) is 13.0. The van der Waals surface area contributed by atoms with E-state index >= 15 is 0 Å². The Bertz CT molecular complexity index is 337. The molecule has 0 aliphatic heterocycles. The smallest absolute Gasteiger partial charge is 0.0921 e. The number of hydrogen-bond acceptors (Lipinski definition) is 3. The molecule has 13 heavy (non-hydrogen) atoms. The van der Waals surface area contributed by atoms with Crippen LogP contribution in [0.25, 0.3) is 0 Å². The van der Waals surface area contributed by atoms with Crippen LogP contribution in [0.3, 0.4) is 0 Å². The van der Waals surface area contributed by atoms with Gasteiger partial charge in [-0.25, -0.2) is 4.98 Å². The van der Waals surface area contributed by atoms with Crippen molar-refractivity contribution in [1.29, 1.82) is 0 Å². The van der Waals surface area contributed by atoms with Crippen LogP contribution < -0.4 is 5.73 Å². The lowest BCUT2D eigenvalue weighted by atomic mass is 10.1. The Kier molecular flexibility index (Phi) is 2.09. The Balaban J connectivity index is 2.04. The molecule has 0 amide bonds. The summed E-state index contributed by atoms with van der Waals surface area (Å²) < 4.78 is 0. The Labute approximate surface area is 75.4 Å². The fourth-order valence-electron chi connectivity index (χ4n) is 1.22.